The maximum Gasteiger partial charge on any atom is 0.142 e. The van der Waals surface area contributed by atoms with Gasteiger partial charge in [0.1, 0.15) is 6.29 Å². The van der Waals surface area contributed by atoms with Gasteiger partial charge in [-0.15, -0.1) is 0 Å². The number of nitrogens with one attached hydrogen (secondary N) is 1. The maximum atomic E-state index is 9.92. The number of hydrogen-bond donors (Lipinski definition) is 1. The zero-order chi connectivity index (χ0) is 12.1. The highest BCUT2D eigenvalue weighted by molar-refractivity contribution is 5.65. The van der Waals surface area contributed by atoms with E-state index in [0.29, 0.717) is 0 Å². The van der Waals surface area contributed by atoms with Crippen LogP contribution in [0.1, 0.15) is 6.92 Å². The zero-order valence-corrected chi connectivity index (χ0v) is 9.47. The van der Waals surface area contributed by atoms with Crippen LogP contribution in [0.25, 0.3) is 0 Å². The van der Waals surface area contributed by atoms with Crippen molar-refractivity contribution in [3.63, 3.8) is 0 Å². The van der Waals surface area contributed by atoms with Crippen molar-refractivity contribution in [1.82, 2.24) is 5.32 Å². The Labute approximate surface area is 97.1 Å². The number of carbonyl (C=O) groups is 1. The highest BCUT2D eigenvalue weighted by Gasteiger charge is 1.72. The third-order valence-corrected chi connectivity index (χ3v) is 1.59. The second-order valence-electron chi connectivity index (χ2n) is 2.91. The minimum absolute atomic E-state index is 0.739. The quantitative estimate of drug-likeness (QED) is 0.402. The summed E-state index contributed by atoms with van der Waals surface area (Å²) >= 11 is 0. The Morgan fingerprint density at radius 2 is 1.62 bits per heavy atom. The van der Waals surface area contributed by atoms with Crippen molar-refractivity contribution in [2.24, 2.45) is 0 Å². The monoisotopic (exact) mass is 215 g/mol. The van der Waals surface area contributed by atoms with Gasteiger partial charge < -0.3 is 5.32 Å². The number of hydrogen-bond acceptors (Lipinski definition) is 2. The van der Waals surface area contributed by atoms with E-state index in [0.717, 1.165) is 11.9 Å². The first-order chi connectivity index (χ1) is 7.81. The fraction of sp³-hybridized carbons (Fsp3) is 0.0714. The van der Waals surface area contributed by atoms with E-state index in [4.69, 9.17) is 0 Å². The lowest BCUT2D eigenvalue weighted by atomic mass is 10.3. The molecule has 0 aromatic rings. The van der Waals surface area contributed by atoms with Crippen LogP contribution in [0, 0.1) is 0 Å². The van der Waals surface area contributed by atoms with Crippen molar-refractivity contribution in [3.8, 4) is 0 Å². The molecule has 0 atom stereocenters. The van der Waals surface area contributed by atoms with Crippen molar-refractivity contribution in [3.05, 3.63) is 73.2 Å². The van der Waals surface area contributed by atoms with Crippen molar-refractivity contribution in [1.29, 1.82) is 0 Å². The Kier molecular flexibility index (Phi) is 9.55. The van der Waals surface area contributed by atoms with E-state index in [1.165, 1.54) is 6.08 Å². The first kappa shape index (κ1) is 13.9. The van der Waals surface area contributed by atoms with Gasteiger partial charge in [-0.05, 0) is 25.2 Å². The summed E-state index contributed by atoms with van der Waals surface area (Å²) in [7, 11) is 0. The topological polar surface area (TPSA) is 29.1 Å². The van der Waals surface area contributed by atoms with Crippen LogP contribution >= 0.6 is 0 Å². The molecule has 0 aliphatic carbocycles. The number of aldehydes is 1. The molecular weight excluding hydrogens is 198 g/mol. The molecular formula is C14H17NO. The Morgan fingerprint density at radius 1 is 1.00 bits per heavy atom. The molecule has 0 radical (unpaired) electrons. The number of carbonyl (C=O) groups excluding carboxylic acids is 1. The predicted octanol–water partition coefficient (Wildman–Crippen LogP) is 3.05. The Hall–Kier alpha value is -2.09. The van der Waals surface area contributed by atoms with Gasteiger partial charge in [-0.1, -0.05) is 42.5 Å². The lowest BCUT2D eigenvalue weighted by Gasteiger charge is -1.87. The molecule has 0 aliphatic heterocycles. The molecule has 0 aromatic heterocycles. The molecule has 1 N–H and O–H groups in total. The van der Waals surface area contributed by atoms with E-state index in [2.05, 4.69) is 11.9 Å². The number of allylic oxidation sites excluding steroid dienone is 9. The van der Waals surface area contributed by atoms with E-state index in [9.17, 15) is 4.79 Å². The van der Waals surface area contributed by atoms with Gasteiger partial charge in [-0.25, -0.2) is 0 Å². The zero-order valence-electron chi connectivity index (χ0n) is 9.47. The average molecular weight is 215 g/mol. The van der Waals surface area contributed by atoms with Crippen molar-refractivity contribution >= 4 is 6.29 Å². The summed E-state index contributed by atoms with van der Waals surface area (Å²) in [5.41, 5.74) is 1.11. The van der Waals surface area contributed by atoms with Gasteiger partial charge in [-0.3, -0.25) is 4.79 Å². The van der Waals surface area contributed by atoms with Crippen molar-refractivity contribution in [2.45, 2.75) is 6.92 Å². The van der Waals surface area contributed by atoms with E-state index in [1.54, 1.807) is 24.4 Å². The summed E-state index contributed by atoms with van der Waals surface area (Å²) in [5, 5.41) is 2.97. The molecule has 0 fully saturated rings. The summed E-state index contributed by atoms with van der Waals surface area (Å²) in [5.74, 6) is 0. The van der Waals surface area contributed by atoms with Gasteiger partial charge in [0.25, 0.3) is 0 Å². The van der Waals surface area contributed by atoms with Crippen LogP contribution < -0.4 is 5.32 Å². The molecule has 0 aromatic carbocycles. The van der Waals surface area contributed by atoms with E-state index in [1.807, 2.05) is 37.4 Å². The molecule has 0 unspecified atom stereocenters. The van der Waals surface area contributed by atoms with Crippen LogP contribution in [-0.2, 0) is 4.79 Å². The molecule has 16 heavy (non-hydrogen) atoms. The van der Waals surface area contributed by atoms with Gasteiger partial charge in [-0.2, -0.15) is 0 Å². The van der Waals surface area contributed by atoms with Crippen molar-refractivity contribution in [2.75, 3.05) is 0 Å². The van der Waals surface area contributed by atoms with Crippen LogP contribution in [0.5, 0.6) is 0 Å². The molecule has 84 valence electrons. The highest BCUT2D eigenvalue weighted by atomic mass is 16.1. The second kappa shape index (κ2) is 11.0. The Morgan fingerprint density at radius 3 is 2.31 bits per heavy atom. The van der Waals surface area contributed by atoms with Gasteiger partial charge in [0.05, 0.1) is 0 Å². The lowest BCUT2D eigenvalue weighted by molar-refractivity contribution is -0.104. The largest absolute Gasteiger partial charge is 0.368 e. The fourth-order valence-electron chi connectivity index (χ4n) is 0.728. The standard InChI is InChI=1S/C14H17NO/c1-3-14(2)10-9-12-15-11-7-5-4-6-8-13-16/h3-13,15H,1H2,2H3/b5-4?,8-6?,11-7?,12-9+,14-10-. The summed E-state index contributed by atoms with van der Waals surface area (Å²) in [4.78, 5) is 9.92. The van der Waals surface area contributed by atoms with Crippen LogP contribution in [0.2, 0.25) is 0 Å². The molecule has 0 saturated heterocycles. The van der Waals surface area contributed by atoms with Gasteiger partial charge >= 0.3 is 0 Å². The highest BCUT2D eigenvalue weighted by Crippen LogP contribution is 1.91. The third kappa shape index (κ3) is 9.99. The first-order valence-electron chi connectivity index (χ1n) is 4.97. The van der Waals surface area contributed by atoms with Crippen molar-refractivity contribution < 1.29 is 4.79 Å². The molecule has 0 heterocycles. The second-order valence-corrected chi connectivity index (χ2v) is 2.91. The Balaban J connectivity index is 3.77. The van der Waals surface area contributed by atoms with E-state index in [-0.39, 0.29) is 0 Å². The maximum absolute atomic E-state index is 9.92. The van der Waals surface area contributed by atoms with Gasteiger partial charge in [0.2, 0.25) is 0 Å². The van der Waals surface area contributed by atoms with E-state index >= 15 is 0 Å². The summed E-state index contributed by atoms with van der Waals surface area (Å²) in [6, 6.07) is 0. The van der Waals surface area contributed by atoms with Crippen LogP contribution in [0.3, 0.4) is 0 Å². The molecule has 2 heteroatoms. The fourth-order valence-corrected chi connectivity index (χ4v) is 0.728. The third-order valence-electron chi connectivity index (χ3n) is 1.59. The van der Waals surface area contributed by atoms with Crippen LogP contribution in [-0.4, -0.2) is 6.29 Å². The van der Waals surface area contributed by atoms with Gasteiger partial charge in [0, 0.05) is 12.4 Å². The summed E-state index contributed by atoms with van der Waals surface area (Å²) in [6.07, 6.45) is 18.5. The van der Waals surface area contributed by atoms with Gasteiger partial charge in [0.15, 0.2) is 0 Å². The molecule has 0 amide bonds. The smallest absolute Gasteiger partial charge is 0.142 e. The Bertz CT molecular complexity index is 344. The minimum atomic E-state index is 0.739. The van der Waals surface area contributed by atoms with E-state index < -0.39 is 0 Å². The SMILES string of the molecule is C=C/C(C)=C\C=C\NC=CC=CC=CC=O. The molecule has 0 spiro atoms. The molecule has 0 rings (SSSR count). The lowest BCUT2D eigenvalue weighted by Crippen LogP contribution is -1.89. The molecule has 0 bridgehead atoms. The molecule has 0 aliphatic rings. The molecule has 2 nitrogen and oxygen atoms in total. The number of rotatable bonds is 7. The first-order valence-corrected chi connectivity index (χ1v) is 4.97. The summed E-state index contributed by atoms with van der Waals surface area (Å²) in [6.45, 7) is 5.63. The normalized spacial score (nSPS) is 13.2. The summed E-state index contributed by atoms with van der Waals surface area (Å²) < 4.78 is 0. The van der Waals surface area contributed by atoms with Crippen LogP contribution in [0.15, 0.2) is 73.2 Å². The van der Waals surface area contributed by atoms with Crippen LogP contribution in [0.4, 0.5) is 0 Å². The minimum Gasteiger partial charge on any atom is -0.368 e. The molecule has 0 saturated carbocycles. The predicted molar refractivity (Wildman–Crippen MR) is 69.7 cm³/mol. The average Bonchev–Trinajstić information content (AvgIpc) is 2.31.